The Morgan fingerprint density at radius 1 is 1.09 bits per heavy atom. The molecule has 112 valence electrons. The van der Waals surface area contributed by atoms with Crippen molar-refractivity contribution in [3.05, 3.63) is 65.7 Å². The van der Waals surface area contributed by atoms with E-state index >= 15 is 0 Å². The topological polar surface area (TPSA) is 59.6 Å². The van der Waals surface area contributed by atoms with Gasteiger partial charge in [0.2, 0.25) is 0 Å². The van der Waals surface area contributed by atoms with E-state index < -0.39 is 0 Å². The number of nitrogens with one attached hydrogen (secondary N) is 1. The second-order valence-corrected chi connectivity index (χ2v) is 5.32. The molecule has 0 saturated carbocycles. The van der Waals surface area contributed by atoms with Gasteiger partial charge in [0.25, 0.3) is 6.02 Å². The summed E-state index contributed by atoms with van der Waals surface area (Å²) in [5.41, 5.74) is 10.0. The molecule has 3 rings (SSSR count). The zero-order valence-electron chi connectivity index (χ0n) is 12.5. The van der Waals surface area contributed by atoms with Gasteiger partial charge in [-0.05, 0) is 36.8 Å². The molecule has 0 amide bonds. The molecule has 3 N–H and O–H groups in total. The van der Waals surface area contributed by atoms with Gasteiger partial charge in [-0.3, -0.25) is 0 Å². The van der Waals surface area contributed by atoms with Crippen molar-refractivity contribution in [2.45, 2.75) is 13.0 Å². The quantitative estimate of drug-likeness (QED) is 0.907. The zero-order chi connectivity index (χ0) is 15.4. The highest BCUT2D eigenvalue weighted by atomic mass is 16.5. The van der Waals surface area contributed by atoms with Crippen LogP contribution in [-0.4, -0.2) is 18.7 Å². The third kappa shape index (κ3) is 3.67. The first-order valence-corrected chi connectivity index (χ1v) is 7.27. The normalized spacial score (nSPS) is 17.3. The summed E-state index contributed by atoms with van der Waals surface area (Å²) in [5, 5.41) is 3.38. The first kappa shape index (κ1) is 14.2. The fraction of sp³-hybridized carbons (Fsp3) is 0.167. The highest BCUT2D eigenvalue weighted by Crippen LogP contribution is 2.18. The van der Waals surface area contributed by atoms with Gasteiger partial charge in [-0.1, -0.05) is 42.0 Å². The number of hydrogen-bond donors (Lipinski definition) is 2. The van der Waals surface area contributed by atoms with Gasteiger partial charge < -0.3 is 15.8 Å². The monoisotopic (exact) mass is 293 g/mol. The second-order valence-electron chi connectivity index (χ2n) is 5.32. The number of hydrogen-bond acceptors (Lipinski definition) is 4. The SMILES string of the molecule is Cc1ccc(Nc2ccc(C=C[C@H]3COC(N)=N3)cc2)cc1. The van der Waals surface area contributed by atoms with Crippen LogP contribution in [0.25, 0.3) is 6.08 Å². The van der Waals surface area contributed by atoms with Crippen LogP contribution in [0.15, 0.2) is 59.6 Å². The number of rotatable bonds is 4. The minimum absolute atomic E-state index is 0.0189. The van der Waals surface area contributed by atoms with Gasteiger partial charge in [0.05, 0.1) is 0 Å². The molecular weight excluding hydrogens is 274 g/mol. The van der Waals surface area contributed by atoms with Crippen molar-refractivity contribution >= 4 is 23.5 Å². The first-order chi connectivity index (χ1) is 10.7. The molecule has 1 aliphatic heterocycles. The van der Waals surface area contributed by atoms with Crippen LogP contribution < -0.4 is 11.1 Å². The average Bonchev–Trinajstić information content (AvgIpc) is 2.94. The van der Waals surface area contributed by atoms with E-state index in [0.29, 0.717) is 6.61 Å². The summed E-state index contributed by atoms with van der Waals surface area (Å²) in [5.74, 6) is 0. The van der Waals surface area contributed by atoms with Crippen LogP contribution >= 0.6 is 0 Å². The van der Waals surface area contributed by atoms with E-state index in [1.165, 1.54) is 5.56 Å². The Morgan fingerprint density at radius 3 is 2.32 bits per heavy atom. The maximum absolute atomic E-state index is 5.48. The minimum Gasteiger partial charge on any atom is -0.463 e. The summed E-state index contributed by atoms with van der Waals surface area (Å²) in [4.78, 5) is 4.16. The third-order valence-electron chi connectivity index (χ3n) is 3.46. The lowest BCUT2D eigenvalue weighted by atomic mass is 10.1. The Balaban J connectivity index is 1.62. The minimum atomic E-state index is 0.0189. The Morgan fingerprint density at radius 2 is 1.73 bits per heavy atom. The number of ether oxygens (including phenoxy) is 1. The maximum atomic E-state index is 5.48. The number of anilines is 2. The maximum Gasteiger partial charge on any atom is 0.282 e. The molecule has 0 spiro atoms. The molecule has 2 aromatic rings. The summed E-state index contributed by atoms with van der Waals surface area (Å²) < 4.78 is 5.11. The highest BCUT2D eigenvalue weighted by Gasteiger charge is 2.12. The van der Waals surface area contributed by atoms with E-state index in [2.05, 4.69) is 65.8 Å². The molecule has 22 heavy (non-hydrogen) atoms. The number of aryl methyl sites for hydroxylation is 1. The molecule has 4 heteroatoms. The molecule has 0 fully saturated rings. The lowest BCUT2D eigenvalue weighted by Gasteiger charge is -2.07. The van der Waals surface area contributed by atoms with E-state index in [4.69, 9.17) is 10.5 Å². The van der Waals surface area contributed by atoms with Gasteiger partial charge in [0.15, 0.2) is 0 Å². The van der Waals surface area contributed by atoms with Crippen LogP contribution in [0.1, 0.15) is 11.1 Å². The standard InChI is InChI=1S/C18H19N3O/c1-13-2-7-15(8-3-13)20-16-9-4-14(5-10-16)6-11-17-12-22-18(19)21-17/h2-11,17,20H,12H2,1H3,(H2,19,21)/t17-/m0/s1. The number of amidine groups is 1. The van der Waals surface area contributed by atoms with Crippen LogP contribution in [0.3, 0.4) is 0 Å². The molecule has 0 aromatic heterocycles. The summed E-state index contributed by atoms with van der Waals surface area (Å²) in [7, 11) is 0. The van der Waals surface area contributed by atoms with E-state index in [1.54, 1.807) is 0 Å². The Kier molecular flexibility index (Phi) is 4.10. The van der Waals surface area contributed by atoms with Crippen LogP contribution in [0.5, 0.6) is 0 Å². The molecule has 2 aromatic carbocycles. The van der Waals surface area contributed by atoms with Gasteiger partial charge in [-0.15, -0.1) is 0 Å². The van der Waals surface area contributed by atoms with Gasteiger partial charge in [0, 0.05) is 11.4 Å². The number of nitrogens with two attached hydrogens (primary N) is 1. The number of nitrogens with zero attached hydrogens (tertiary/aromatic N) is 1. The molecule has 0 radical (unpaired) electrons. The fourth-order valence-corrected chi connectivity index (χ4v) is 2.21. The highest BCUT2D eigenvalue weighted by molar-refractivity contribution is 5.73. The summed E-state index contributed by atoms with van der Waals surface area (Å²) in [6.07, 6.45) is 4.04. The van der Waals surface area contributed by atoms with Crippen molar-refractivity contribution in [2.75, 3.05) is 11.9 Å². The van der Waals surface area contributed by atoms with Crippen molar-refractivity contribution < 1.29 is 4.74 Å². The Labute approximate surface area is 130 Å². The van der Waals surface area contributed by atoms with Crippen LogP contribution in [0.2, 0.25) is 0 Å². The van der Waals surface area contributed by atoms with Gasteiger partial charge >= 0.3 is 0 Å². The Hall–Kier alpha value is -2.75. The predicted molar refractivity (Wildman–Crippen MR) is 91.3 cm³/mol. The van der Waals surface area contributed by atoms with E-state index in [1.807, 2.05) is 12.2 Å². The lowest BCUT2D eigenvalue weighted by Crippen LogP contribution is -2.10. The summed E-state index contributed by atoms with van der Waals surface area (Å²) in [6.45, 7) is 2.60. The largest absolute Gasteiger partial charge is 0.463 e. The first-order valence-electron chi connectivity index (χ1n) is 7.27. The Bertz CT molecular complexity index is 687. The van der Waals surface area contributed by atoms with E-state index in [9.17, 15) is 0 Å². The molecule has 1 heterocycles. The second kappa shape index (κ2) is 6.35. The molecule has 0 bridgehead atoms. The van der Waals surface area contributed by atoms with Crippen LogP contribution in [0.4, 0.5) is 11.4 Å². The molecule has 1 aliphatic rings. The summed E-state index contributed by atoms with van der Waals surface area (Å²) >= 11 is 0. The molecular formula is C18H19N3O. The van der Waals surface area contributed by atoms with Crippen molar-refractivity contribution in [2.24, 2.45) is 10.7 Å². The van der Waals surface area contributed by atoms with Crippen molar-refractivity contribution in [1.29, 1.82) is 0 Å². The van der Waals surface area contributed by atoms with Gasteiger partial charge in [-0.2, -0.15) is 0 Å². The molecule has 0 aliphatic carbocycles. The van der Waals surface area contributed by atoms with Gasteiger partial charge in [-0.25, -0.2) is 4.99 Å². The average molecular weight is 293 g/mol. The molecule has 0 unspecified atom stereocenters. The van der Waals surface area contributed by atoms with Crippen LogP contribution in [-0.2, 0) is 4.74 Å². The molecule has 1 atom stereocenters. The molecule has 0 saturated heterocycles. The fourth-order valence-electron chi connectivity index (χ4n) is 2.21. The lowest BCUT2D eigenvalue weighted by molar-refractivity contribution is 0.327. The number of benzene rings is 2. The number of aliphatic imine (C=N–C) groups is 1. The van der Waals surface area contributed by atoms with Gasteiger partial charge in [0.1, 0.15) is 12.6 Å². The predicted octanol–water partition coefficient (Wildman–Crippen LogP) is 3.47. The van der Waals surface area contributed by atoms with E-state index in [-0.39, 0.29) is 12.1 Å². The molecule has 4 nitrogen and oxygen atoms in total. The van der Waals surface area contributed by atoms with E-state index in [0.717, 1.165) is 16.9 Å². The van der Waals surface area contributed by atoms with Crippen molar-refractivity contribution in [3.8, 4) is 0 Å². The van der Waals surface area contributed by atoms with Crippen LogP contribution in [0, 0.1) is 6.92 Å². The van der Waals surface area contributed by atoms with Crippen molar-refractivity contribution in [3.63, 3.8) is 0 Å². The van der Waals surface area contributed by atoms with Crippen molar-refractivity contribution in [1.82, 2.24) is 0 Å². The smallest absolute Gasteiger partial charge is 0.282 e. The third-order valence-corrected chi connectivity index (χ3v) is 3.46. The zero-order valence-corrected chi connectivity index (χ0v) is 12.5. The summed E-state index contributed by atoms with van der Waals surface area (Å²) in [6, 6.07) is 16.9.